The van der Waals surface area contributed by atoms with Gasteiger partial charge in [-0.3, -0.25) is 4.79 Å². The van der Waals surface area contributed by atoms with E-state index in [1.807, 2.05) is 6.92 Å². The summed E-state index contributed by atoms with van der Waals surface area (Å²) in [5, 5.41) is 9.49. The molecule has 74 valence electrons. The highest BCUT2D eigenvalue weighted by atomic mass is 79.9. The maximum absolute atomic E-state index is 10.6. The molecule has 0 aliphatic carbocycles. The van der Waals surface area contributed by atoms with Crippen molar-refractivity contribution in [2.75, 3.05) is 0 Å². The van der Waals surface area contributed by atoms with Gasteiger partial charge >= 0.3 is 0 Å². The summed E-state index contributed by atoms with van der Waals surface area (Å²) < 4.78 is 0.878. The highest BCUT2D eigenvalue weighted by Gasteiger charge is 2.00. The molecule has 1 rings (SSSR count). The molecule has 0 amide bonds. The van der Waals surface area contributed by atoms with Crippen LogP contribution in [0.4, 0.5) is 0 Å². The quantitative estimate of drug-likeness (QED) is 0.665. The van der Waals surface area contributed by atoms with Crippen LogP contribution >= 0.6 is 15.9 Å². The molecular formula is C11H11BrO2. The van der Waals surface area contributed by atoms with Gasteiger partial charge in [-0.05, 0) is 36.3 Å². The predicted octanol–water partition coefficient (Wildman–Crippen LogP) is 3.15. The van der Waals surface area contributed by atoms with Crippen LogP contribution in [-0.4, -0.2) is 11.4 Å². The van der Waals surface area contributed by atoms with Crippen LogP contribution in [0.25, 0.3) is 6.08 Å². The molecule has 0 atom stereocenters. The van der Waals surface area contributed by atoms with Crippen LogP contribution in [0.1, 0.15) is 18.9 Å². The Morgan fingerprint density at radius 1 is 1.57 bits per heavy atom. The second kappa shape index (κ2) is 4.96. The first-order valence-corrected chi connectivity index (χ1v) is 5.11. The average molecular weight is 255 g/mol. The van der Waals surface area contributed by atoms with Crippen molar-refractivity contribution in [3.8, 4) is 5.75 Å². The number of hydrogen-bond acceptors (Lipinski definition) is 2. The number of aldehydes is 1. The Labute approximate surface area is 91.4 Å². The Morgan fingerprint density at radius 2 is 2.29 bits per heavy atom. The summed E-state index contributed by atoms with van der Waals surface area (Å²) in [6.45, 7) is 1.90. The zero-order valence-corrected chi connectivity index (χ0v) is 9.41. The van der Waals surface area contributed by atoms with Gasteiger partial charge in [-0.15, -0.1) is 0 Å². The fourth-order valence-corrected chi connectivity index (χ4v) is 1.44. The fourth-order valence-electron chi connectivity index (χ4n) is 1.06. The topological polar surface area (TPSA) is 37.3 Å². The van der Waals surface area contributed by atoms with Gasteiger partial charge in [0.15, 0.2) is 0 Å². The van der Waals surface area contributed by atoms with E-state index in [2.05, 4.69) is 15.9 Å². The third-order valence-electron chi connectivity index (χ3n) is 1.89. The number of allylic oxidation sites excluding steroid dienone is 1. The van der Waals surface area contributed by atoms with Crippen LogP contribution < -0.4 is 0 Å². The number of rotatable bonds is 3. The average Bonchev–Trinajstić information content (AvgIpc) is 2.19. The van der Waals surface area contributed by atoms with Crippen LogP contribution in [0.15, 0.2) is 28.2 Å². The zero-order chi connectivity index (χ0) is 10.6. The zero-order valence-electron chi connectivity index (χ0n) is 7.83. The van der Waals surface area contributed by atoms with Crippen molar-refractivity contribution in [2.24, 2.45) is 0 Å². The van der Waals surface area contributed by atoms with Crippen molar-refractivity contribution < 1.29 is 9.90 Å². The second-order valence-electron chi connectivity index (χ2n) is 2.89. The molecule has 14 heavy (non-hydrogen) atoms. The maximum Gasteiger partial charge on any atom is 0.146 e. The van der Waals surface area contributed by atoms with Crippen molar-refractivity contribution >= 4 is 28.3 Å². The number of aromatic hydroxyl groups is 1. The number of carbonyl (C=O) groups is 1. The Hall–Kier alpha value is -1.09. The lowest BCUT2D eigenvalue weighted by atomic mass is 10.1. The Bertz CT molecular complexity index is 370. The highest BCUT2D eigenvalue weighted by Crippen LogP contribution is 2.24. The van der Waals surface area contributed by atoms with Crippen LogP contribution in [0, 0.1) is 0 Å². The molecule has 1 N–H and O–H groups in total. The molecule has 0 saturated heterocycles. The fraction of sp³-hybridized carbons (Fsp3) is 0.182. The molecule has 0 aliphatic rings. The number of phenolic OH excluding ortho intramolecular Hbond substituents is 1. The Morgan fingerprint density at radius 3 is 2.86 bits per heavy atom. The minimum absolute atomic E-state index is 0.181. The predicted molar refractivity (Wildman–Crippen MR) is 60.1 cm³/mol. The van der Waals surface area contributed by atoms with Gasteiger partial charge in [-0.1, -0.05) is 22.9 Å². The summed E-state index contributed by atoms with van der Waals surface area (Å²) in [7, 11) is 0. The molecule has 2 nitrogen and oxygen atoms in total. The van der Waals surface area contributed by atoms with Crippen LogP contribution in [0.3, 0.4) is 0 Å². The molecular weight excluding hydrogens is 244 g/mol. The third kappa shape index (κ3) is 2.70. The number of phenols is 1. The van der Waals surface area contributed by atoms with Crippen molar-refractivity contribution in [1.29, 1.82) is 0 Å². The number of benzene rings is 1. The number of carbonyl (C=O) groups excluding carboxylic acids is 1. The molecule has 0 bridgehead atoms. The number of hydrogen-bond donors (Lipinski definition) is 1. The summed E-state index contributed by atoms with van der Waals surface area (Å²) in [4.78, 5) is 10.6. The van der Waals surface area contributed by atoms with Gasteiger partial charge < -0.3 is 5.11 Å². The van der Waals surface area contributed by atoms with Crippen LogP contribution in [0.2, 0.25) is 0 Å². The molecule has 0 heterocycles. The van der Waals surface area contributed by atoms with E-state index in [0.717, 1.165) is 10.8 Å². The molecule has 0 fully saturated rings. The van der Waals surface area contributed by atoms with Gasteiger partial charge in [0.2, 0.25) is 0 Å². The van der Waals surface area contributed by atoms with Gasteiger partial charge in [0.25, 0.3) is 0 Å². The Kier molecular flexibility index (Phi) is 3.89. The minimum atomic E-state index is 0.181. The Balaban J connectivity index is 3.12. The monoisotopic (exact) mass is 254 g/mol. The van der Waals surface area contributed by atoms with Crippen molar-refractivity contribution in [3.05, 3.63) is 33.8 Å². The molecule has 0 spiro atoms. The summed E-state index contributed by atoms with van der Waals surface area (Å²) >= 11 is 3.30. The van der Waals surface area contributed by atoms with E-state index in [4.69, 9.17) is 0 Å². The van der Waals surface area contributed by atoms with Crippen LogP contribution in [-0.2, 0) is 4.79 Å². The van der Waals surface area contributed by atoms with Gasteiger partial charge in [0, 0.05) is 10.0 Å². The van der Waals surface area contributed by atoms with E-state index in [-0.39, 0.29) is 5.75 Å². The van der Waals surface area contributed by atoms with E-state index in [9.17, 15) is 9.90 Å². The summed E-state index contributed by atoms with van der Waals surface area (Å²) in [6, 6.07) is 5.11. The van der Waals surface area contributed by atoms with Crippen molar-refractivity contribution in [2.45, 2.75) is 13.3 Å². The first-order chi connectivity index (χ1) is 6.67. The second-order valence-corrected chi connectivity index (χ2v) is 3.81. The molecule has 1 aromatic carbocycles. The largest absolute Gasteiger partial charge is 0.507 e. The van der Waals surface area contributed by atoms with Crippen molar-refractivity contribution in [1.82, 2.24) is 0 Å². The minimum Gasteiger partial charge on any atom is -0.507 e. The van der Waals surface area contributed by atoms with E-state index in [1.54, 1.807) is 24.3 Å². The first-order valence-electron chi connectivity index (χ1n) is 4.31. The van der Waals surface area contributed by atoms with E-state index < -0.39 is 0 Å². The molecule has 0 unspecified atom stereocenters. The standard InChI is InChI=1S/C11H11BrO2/c1-2-8(7-13)5-9-6-10(12)3-4-11(9)14/h3-7,14H,2H2,1H3. The number of halogens is 1. The summed E-state index contributed by atoms with van der Waals surface area (Å²) in [5.74, 6) is 0.181. The summed E-state index contributed by atoms with van der Waals surface area (Å²) in [6.07, 6.45) is 3.16. The van der Waals surface area contributed by atoms with Gasteiger partial charge in [0.05, 0.1) is 0 Å². The summed E-state index contributed by atoms with van der Waals surface area (Å²) in [5.41, 5.74) is 1.32. The van der Waals surface area contributed by atoms with Gasteiger partial charge in [0.1, 0.15) is 12.0 Å². The SMILES string of the molecule is CCC(C=O)=Cc1cc(Br)ccc1O. The molecule has 0 radical (unpaired) electrons. The van der Waals surface area contributed by atoms with Gasteiger partial charge in [-0.25, -0.2) is 0 Å². The van der Waals surface area contributed by atoms with Gasteiger partial charge in [-0.2, -0.15) is 0 Å². The molecule has 1 aromatic rings. The van der Waals surface area contributed by atoms with E-state index >= 15 is 0 Å². The lowest BCUT2D eigenvalue weighted by Crippen LogP contribution is -1.83. The van der Waals surface area contributed by atoms with E-state index in [1.165, 1.54) is 0 Å². The van der Waals surface area contributed by atoms with Crippen molar-refractivity contribution in [3.63, 3.8) is 0 Å². The normalized spacial score (nSPS) is 11.4. The highest BCUT2D eigenvalue weighted by molar-refractivity contribution is 9.10. The molecule has 0 aromatic heterocycles. The first kappa shape index (κ1) is 11.0. The lowest BCUT2D eigenvalue weighted by molar-refractivity contribution is -0.104. The lowest BCUT2D eigenvalue weighted by Gasteiger charge is -2.01. The molecule has 0 aliphatic heterocycles. The molecule has 0 saturated carbocycles. The van der Waals surface area contributed by atoms with Crippen LogP contribution in [0.5, 0.6) is 5.75 Å². The molecule has 3 heteroatoms. The maximum atomic E-state index is 10.6. The third-order valence-corrected chi connectivity index (χ3v) is 2.38. The smallest absolute Gasteiger partial charge is 0.146 e. The van der Waals surface area contributed by atoms with E-state index in [0.29, 0.717) is 17.6 Å².